The highest BCUT2D eigenvalue weighted by atomic mass is 32.1. The van der Waals surface area contributed by atoms with Crippen molar-refractivity contribution in [2.45, 2.75) is 26.7 Å². The summed E-state index contributed by atoms with van der Waals surface area (Å²) in [5, 5.41) is 12.1. The Morgan fingerprint density at radius 1 is 1.55 bits per heavy atom. The third-order valence-electron chi connectivity index (χ3n) is 3.78. The Labute approximate surface area is 124 Å². The molecule has 2 rings (SSSR count). The number of aromatic nitrogens is 1. The van der Waals surface area contributed by atoms with Crippen LogP contribution in [0.2, 0.25) is 0 Å². The van der Waals surface area contributed by atoms with Gasteiger partial charge in [-0.25, -0.2) is 4.98 Å². The number of rotatable bonds is 5. The van der Waals surface area contributed by atoms with E-state index in [2.05, 4.69) is 15.3 Å². The Balaban J connectivity index is 1.89. The summed E-state index contributed by atoms with van der Waals surface area (Å²) in [6, 6.07) is 0. The first kappa shape index (κ1) is 15.3. The van der Waals surface area contributed by atoms with Gasteiger partial charge in [-0.1, -0.05) is 0 Å². The molecule has 0 saturated carbocycles. The quantitative estimate of drug-likeness (QED) is 0.895. The monoisotopic (exact) mass is 297 g/mol. The molecule has 2 heterocycles. The summed E-state index contributed by atoms with van der Waals surface area (Å²) in [6.45, 7) is 6.90. The molecular formula is C14H23N3O2S. The molecule has 0 atom stereocenters. The summed E-state index contributed by atoms with van der Waals surface area (Å²) in [5.41, 5.74) is 1.06. The van der Waals surface area contributed by atoms with Gasteiger partial charge in [0.2, 0.25) is 5.91 Å². The van der Waals surface area contributed by atoms with Gasteiger partial charge >= 0.3 is 0 Å². The van der Waals surface area contributed by atoms with Crippen molar-refractivity contribution < 1.29 is 9.90 Å². The molecule has 1 aromatic heterocycles. The number of aliphatic hydroxyl groups is 1. The number of amides is 1. The van der Waals surface area contributed by atoms with Crippen LogP contribution in [0.25, 0.3) is 0 Å². The number of thiazole rings is 1. The molecule has 112 valence electrons. The maximum atomic E-state index is 12.3. The number of piperidine rings is 1. The van der Waals surface area contributed by atoms with Gasteiger partial charge in [0.05, 0.1) is 12.3 Å². The lowest BCUT2D eigenvalue weighted by atomic mass is 9.95. The first-order chi connectivity index (χ1) is 9.65. The lowest BCUT2D eigenvalue weighted by molar-refractivity contribution is -0.136. The van der Waals surface area contributed by atoms with E-state index in [1.54, 1.807) is 16.2 Å². The zero-order valence-corrected chi connectivity index (χ0v) is 13.0. The molecule has 1 fully saturated rings. The van der Waals surface area contributed by atoms with Crippen LogP contribution >= 0.6 is 11.3 Å². The fourth-order valence-electron chi connectivity index (χ4n) is 2.61. The molecule has 1 aromatic rings. The minimum Gasteiger partial charge on any atom is -0.395 e. The molecule has 1 saturated heterocycles. The number of carbonyl (C=O) groups excluding carboxylic acids is 1. The Kier molecular flexibility index (Phi) is 5.37. The summed E-state index contributed by atoms with van der Waals surface area (Å²) in [6.07, 6.45) is 1.75. The molecule has 5 nitrogen and oxygen atoms in total. The molecule has 0 aliphatic carbocycles. The molecule has 20 heavy (non-hydrogen) atoms. The second kappa shape index (κ2) is 7.04. The van der Waals surface area contributed by atoms with E-state index in [0.717, 1.165) is 36.8 Å². The van der Waals surface area contributed by atoms with Crippen molar-refractivity contribution in [1.82, 2.24) is 9.88 Å². The average Bonchev–Trinajstić information content (AvgIpc) is 2.91. The summed E-state index contributed by atoms with van der Waals surface area (Å²) in [7, 11) is 0. The fraction of sp³-hybridized carbons (Fsp3) is 0.714. The van der Waals surface area contributed by atoms with Crippen LogP contribution in [0.3, 0.4) is 0 Å². The minimum atomic E-state index is 0.0385. The third-order valence-corrected chi connectivity index (χ3v) is 4.80. The number of aliphatic hydroxyl groups excluding tert-OH is 1. The first-order valence-corrected chi connectivity index (χ1v) is 8.10. The normalized spacial score (nSPS) is 16.4. The molecule has 1 aliphatic rings. The van der Waals surface area contributed by atoms with Gasteiger partial charge in [-0.3, -0.25) is 4.79 Å². The highest BCUT2D eigenvalue weighted by Crippen LogP contribution is 2.27. The van der Waals surface area contributed by atoms with Gasteiger partial charge in [-0.05, 0) is 26.7 Å². The number of carbonyl (C=O) groups is 1. The zero-order valence-electron chi connectivity index (χ0n) is 12.2. The summed E-state index contributed by atoms with van der Waals surface area (Å²) in [4.78, 5) is 20.9. The van der Waals surface area contributed by atoms with Crippen LogP contribution in [-0.2, 0) is 4.79 Å². The van der Waals surface area contributed by atoms with Crippen LogP contribution in [0, 0.1) is 12.8 Å². The number of hydrogen-bond acceptors (Lipinski definition) is 5. The predicted octanol–water partition coefficient (Wildman–Crippen LogP) is 1.51. The highest BCUT2D eigenvalue weighted by molar-refractivity contribution is 7.13. The van der Waals surface area contributed by atoms with E-state index >= 15 is 0 Å². The van der Waals surface area contributed by atoms with Crippen molar-refractivity contribution in [3.8, 4) is 0 Å². The van der Waals surface area contributed by atoms with Crippen LogP contribution in [0.15, 0.2) is 5.38 Å². The van der Waals surface area contributed by atoms with Gasteiger partial charge in [0.1, 0.15) is 0 Å². The van der Waals surface area contributed by atoms with Gasteiger partial charge in [0, 0.05) is 37.5 Å². The smallest absolute Gasteiger partial charge is 0.225 e. The van der Waals surface area contributed by atoms with Gasteiger partial charge in [0.25, 0.3) is 0 Å². The minimum absolute atomic E-state index is 0.0385. The van der Waals surface area contributed by atoms with Crippen molar-refractivity contribution in [1.29, 1.82) is 0 Å². The van der Waals surface area contributed by atoms with E-state index < -0.39 is 0 Å². The molecule has 0 aromatic carbocycles. The third kappa shape index (κ3) is 3.49. The van der Waals surface area contributed by atoms with Crippen LogP contribution in [-0.4, -0.2) is 53.7 Å². The van der Waals surface area contributed by atoms with Crippen molar-refractivity contribution in [2.24, 2.45) is 5.92 Å². The van der Waals surface area contributed by atoms with E-state index in [-0.39, 0.29) is 18.4 Å². The summed E-state index contributed by atoms with van der Waals surface area (Å²) >= 11 is 1.67. The van der Waals surface area contributed by atoms with Crippen LogP contribution < -0.4 is 4.90 Å². The number of hydrogen-bond donors (Lipinski definition) is 1. The van der Waals surface area contributed by atoms with Crippen LogP contribution in [0.1, 0.15) is 25.5 Å². The topological polar surface area (TPSA) is 56.7 Å². The fourth-order valence-corrected chi connectivity index (χ4v) is 3.46. The standard InChI is InChI=1S/C14H23N3O2S/c1-3-16(8-9-18)13(19)12-4-6-17(7-5-12)14-15-11(2)10-20-14/h10,12,18H,3-9H2,1-2H3. The molecule has 1 N–H and O–H groups in total. The number of anilines is 1. The van der Waals surface area contributed by atoms with Crippen molar-refractivity contribution in [3.05, 3.63) is 11.1 Å². The first-order valence-electron chi connectivity index (χ1n) is 7.22. The van der Waals surface area contributed by atoms with Crippen molar-refractivity contribution in [3.63, 3.8) is 0 Å². The van der Waals surface area contributed by atoms with E-state index in [9.17, 15) is 4.79 Å². The second-order valence-corrected chi connectivity index (χ2v) is 6.01. The Morgan fingerprint density at radius 3 is 2.75 bits per heavy atom. The van der Waals surface area contributed by atoms with E-state index in [0.29, 0.717) is 13.1 Å². The van der Waals surface area contributed by atoms with Gasteiger partial charge in [-0.2, -0.15) is 0 Å². The summed E-state index contributed by atoms with van der Waals surface area (Å²) in [5.74, 6) is 0.287. The van der Waals surface area contributed by atoms with Crippen LogP contribution in [0.5, 0.6) is 0 Å². The Hall–Kier alpha value is -1.14. The molecule has 1 aliphatic heterocycles. The Morgan fingerprint density at radius 2 is 2.25 bits per heavy atom. The molecule has 6 heteroatoms. The van der Waals surface area contributed by atoms with Crippen LogP contribution in [0.4, 0.5) is 5.13 Å². The average molecular weight is 297 g/mol. The Bertz CT molecular complexity index is 441. The number of nitrogens with zero attached hydrogens (tertiary/aromatic N) is 3. The number of likely N-dealkylation sites (N-methyl/N-ethyl adjacent to an activating group) is 1. The highest BCUT2D eigenvalue weighted by Gasteiger charge is 2.28. The molecular weight excluding hydrogens is 274 g/mol. The predicted molar refractivity (Wildman–Crippen MR) is 81.1 cm³/mol. The molecule has 0 unspecified atom stereocenters. The van der Waals surface area contributed by atoms with Gasteiger partial charge in [0.15, 0.2) is 5.13 Å². The largest absolute Gasteiger partial charge is 0.395 e. The maximum Gasteiger partial charge on any atom is 0.225 e. The molecule has 1 amide bonds. The summed E-state index contributed by atoms with van der Waals surface area (Å²) < 4.78 is 0. The second-order valence-electron chi connectivity index (χ2n) is 5.17. The van der Waals surface area contributed by atoms with Crippen molar-refractivity contribution in [2.75, 3.05) is 37.7 Å². The van der Waals surface area contributed by atoms with E-state index in [1.807, 2.05) is 13.8 Å². The van der Waals surface area contributed by atoms with Crippen molar-refractivity contribution >= 4 is 22.4 Å². The lowest BCUT2D eigenvalue weighted by Gasteiger charge is -2.33. The molecule has 0 bridgehead atoms. The van der Waals surface area contributed by atoms with E-state index in [1.165, 1.54) is 0 Å². The van der Waals surface area contributed by atoms with E-state index in [4.69, 9.17) is 5.11 Å². The molecule has 0 radical (unpaired) electrons. The SMILES string of the molecule is CCN(CCO)C(=O)C1CCN(c2nc(C)cs2)CC1. The zero-order chi connectivity index (χ0) is 14.5. The maximum absolute atomic E-state index is 12.3. The number of aryl methyl sites for hydroxylation is 1. The van der Waals surface area contributed by atoms with Gasteiger partial charge < -0.3 is 14.9 Å². The van der Waals surface area contributed by atoms with Gasteiger partial charge in [-0.15, -0.1) is 11.3 Å². The lowest BCUT2D eigenvalue weighted by Crippen LogP contribution is -2.43. The molecule has 0 spiro atoms.